The number of likely N-dealkylation sites (tertiary alicyclic amines) is 2. The molecule has 0 saturated carbocycles. The number of hydrogen-bond acceptors (Lipinski definition) is 6. The number of carbonyl (C=O) groups excluding carboxylic acids is 1. The number of nitro benzene ring substituents is 1. The van der Waals surface area contributed by atoms with Gasteiger partial charge in [-0.15, -0.1) is 0 Å². The van der Waals surface area contributed by atoms with Gasteiger partial charge in [0.15, 0.2) is 0 Å². The molecule has 3 aliphatic heterocycles. The zero-order valence-corrected chi connectivity index (χ0v) is 22.0. The van der Waals surface area contributed by atoms with Gasteiger partial charge in [0.25, 0.3) is 11.6 Å². The number of nitrogens with zero attached hydrogens (tertiary/aromatic N) is 3. The van der Waals surface area contributed by atoms with Gasteiger partial charge < -0.3 is 10.6 Å². The average Bonchev–Trinajstić information content (AvgIpc) is 3.70. The summed E-state index contributed by atoms with van der Waals surface area (Å²) < 4.78 is 0. The Morgan fingerprint density at radius 1 is 0.821 bits per heavy atom. The van der Waals surface area contributed by atoms with Crippen molar-refractivity contribution in [2.45, 2.75) is 38.8 Å². The first-order valence-electron chi connectivity index (χ1n) is 13.8. The fourth-order valence-electron chi connectivity index (χ4n) is 5.81. The third-order valence-electron chi connectivity index (χ3n) is 7.88. The Morgan fingerprint density at radius 2 is 1.38 bits per heavy atom. The second-order valence-electron chi connectivity index (χ2n) is 10.7. The molecule has 0 unspecified atom stereocenters. The van der Waals surface area contributed by atoms with Gasteiger partial charge in [0.05, 0.1) is 16.2 Å². The molecular formula is C31H33N5O3. The lowest BCUT2D eigenvalue weighted by Gasteiger charge is -2.18. The predicted octanol–water partition coefficient (Wildman–Crippen LogP) is 5.72. The number of nitro groups is 1. The summed E-state index contributed by atoms with van der Waals surface area (Å²) in [6, 6.07) is 21.1. The monoisotopic (exact) mass is 523 g/mol. The van der Waals surface area contributed by atoms with Crippen LogP contribution >= 0.6 is 0 Å². The van der Waals surface area contributed by atoms with Gasteiger partial charge in [-0.2, -0.15) is 0 Å². The number of amides is 1. The highest BCUT2D eigenvalue weighted by molar-refractivity contribution is 6.37. The standard InChI is InChI=1S/C31H33N5O3/c37-31-29(27-19-26(36(38)39)13-14-28(27)33-31)30(24-9-5-22(6-10-24)20-34-15-1-2-16-34)32-25-11-7-23(8-12-25)21-35-17-3-4-18-35/h5-14,19,32H,1-4,15-18,20-21H2,(H,33,37)/b30-29-. The van der Waals surface area contributed by atoms with Crippen molar-refractivity contribution < 1.29 is 9.72 Å². The fraction of sp³-hybridized carbons (Fsp3) is 0.323. The van der Waals surface area contributed by atoms with Crippen LogP contribution in [0.3, 0.4) is 0 Å². The lowest BCUT2D eigenvalue weighted by molar-refractivity contribution is -0.384. The van der Waals surface area contributed by atoms with Gasteiger partial charge in [-0.1, -0.05) is 36.4 Å². The summed E-state index contributed by atoms with van der Waals surface area (Å²) in [5, 5.41) is 17.9. The molecule has 200 valence electrons. The van der Waals surface area contributed by atoms with Crippen molar-refractivity contribution in [1.82, 2.24) is 9.80 Å². The summed E-state index contributed by atoms with van der Waals surface area (Å²) in [6.45, 7) is 6.39. The van der Waals surface area contributed by atoms with E-state index in [1.54, 1.807) is 6.07 Å². The Balaban J connectivity index is 1.35. The van der Waals surface area contributed by atoms with Gasteiger partial charge in [-0.25, -0.2) is 0 Å². The van der Waals surface area contributed by atoms with E-state index in [0.29, 0.717) is 22.5 Å². The second-order valence-corrected chi connectivity index (χ2v) is 10.7. The smallest absolute Gasteiger partial charge is 0.270 e. The highest BCUT2D eigenvalue weighted by Gasteiger charge is 2.30. The number of hydrogen-bond donors (Lipinski definition) is 2. The lowest BCUT2D eigenvalue weighted by Crippen LogP contribution is -2.18. The van der Waals surface area contributed by atoms with Crippen LogP contribution in [0.4, 0.5) is 17.1 Å². The molecule has 6 rings (SSSR count). The van der Waals surface area contributed by atoms with E-state index in [2.05, 4.69) is 44.7 Å². The molecule has 39 heavy (non-hydrogen) atoms. The Kier molecular flexibility index (Phi) is 7.13. The third kappa shape index (κ3) is 5.57. The molecule has 0 radical (unpaired) electrons. The molecule has 3 heterocycles. The minimum absolute atomic E-state index is 0.0469. The normalized spacial score (nSPS) is 18.7. The SMILES string of the molecule is O=C1Nc2ccc([N+](=O)[O-])cc2/C1=C(/Nc1ccc(CN2CCCC2)cc1)c1ccc(CN2CCCC2)cc1. The summed E-state index contributed by atoms with van der Waals surface area (Å²) in [5.41, 5.74) is 6.28. The summed E-state index contributed by atoms with van der Waals surface area (Å²) in [5.74, 6) is -0.278. The van der Waals surface area contributed by atoms with Gasteiger partial charge in [0.2, 0.25) is 0 Å². The van der Waals surface area contributed by atoms with Crippen LogP contribution in [0.5, 0.6) is 0 Å². The van der Waals surface area contributed by atoms with Crippen LogP contribution in [0.2, 0.25) is 0 Å². The fourth-order valence-corrected chi connectivity index (χ4v) is 5.81. The van der Waals surface area contributed by atoms with E-state index in [-0.39, 0.29) is 11.6 Å². The van der Waals surface area contributed by atoms with E-state index in [1.165, 1.54) is 48.9 Å². The first-order valence-corrected chi connectivity index (χ1v) is 13.8. The summed E-state index contributed by atoms with van der Waals surface area (Å²) >= 11 is 0. The number of benzene rings is 3. The molecule has 1 amide bonds. The average molecular weight is 524 g/mol. The minimum atomic E-state index is -0.431. The maximum absolute atomic E-state index is 13.3. The van der Waals surface area contributed by atoms with Crippen LogP contribution in [-0.4, -0.2) is 46.8 Å². The molecule has 2 N–H and O–H groups in total. The second kappa shape index (κ2) is 11.0. The highest BCUT2D eigenvalue weighted by Crippen LogP contribution is 2.39. The first kappa shape index (κ1) is 25.3. The van der Waals surface area contributed by atoms with E-state index >= 15 is 0 Å². The van der Waals surface area contributed by atoms with Crippen LogP contribution < -0.4 is 10.6 Å². The Morgan fingerprint density at radius 3 is 1.95 bits per heavy atom. The van der Waals surface area contributed by atoms with E-state index in [1.807, 2.05) is 24.3 Å². The molecule has 0 spiro atoms. The van der Waals surface area contributed by atoms with Crippen molar-refractivity contribution >= 4 is 34.2 Å². The molecule has 3 aliphatic rings. The third-order valence-corrected chi connectivity index (χ3v) is 7.88. The molecule has 0 atom stereocenters. The number of rotatable bonds is 8. The minimum Gasteiger partial charge on any atom is -0.354 e. The van der Waals surface area contributed by atoms with Crippen molar-refractivity contribution in [3.63, 3.8) is 0 Å². The maximum atomic E-state index is 13.3. The van der Waals surface area contributed by atoms with Crippen molar-refractivity contribution in [2.75, 3.05) is 36.8 Å². The topological polar surface area (TPSA) is 90.7 Å². The van der Waals surface area contributed by atoms with E-state index in [0.717, 1.165) is 50.5 Å². The van der Waals surface area contributed by atoms with E-state index < -0.39 is 4.92 Å². The predicted molar refractivity (Wildman–Crippen MR) is 154 cm³/mol. The van der Waals surface area contributed by atoms with Gasteiger partial charge in [0.1, 0.15) is 0 Å². The van der Waals surface area contributed by atoms with Crippen LogP contribution in [-0.2, 0) is 17.9 Å². The molecule has 0 aliphatic carbocycles. The van der Waals surface area contributed by atoms with E-state index in [9.17, 15) is 14.9 Å². The summed E-state index contributed by atoms with van der Waals surface area (Å²) in [4.78, 5) is 29.3. The van der Waals surface area contributed by atoms with Crippen molar-refractivity contribution in [1.29, 1.82) is 0 Å². The maximum Gasteiger partial charge on any atom is 0.270 e. The quantitative estimate of drug-likeness (QED) is 0.223. The van der Waals surface area contributed by atoms with Crippen LogP contribution in [0.15, 0.2) is 66.7 Å². The molecular weight excluding hydrogens is 490 g/mol. The molecule has 0 aromatic heterocycles. The molecule has 3 aromatic rings. The van der Waals surface area contributed by atoms with E-state index in [4.69, 9.17) is 0 Å². The summed E-state index contributed by atoms with van der Waals surface area (Å²) in [7, 11) is 0. The van der Waals surface area contributed by atoms with Gasteiger partial charge in [-0.05, 0) is 86.8 Å². The Bertz CT molecular complexity index is 1400. The Labute approximate surface area is 228 Å². The first-order chi connectivity index (χ1) is 19.0. The number of nitrogens with one attached hydrogen (secondary N) is 2. The van der Waals surface area contributed by atoms with Crippen LogP contribution in [0.25, 0.3) is 11.3 Å². The molecule has 8 heteroatoms. The molecule has 8 nitrogen and oxygen atoms in total. The number of carbonyl (C=O) groups is 1. The zero-order chi connectivity index (χ0) is 26.8. The lowest BCUT2D eigenvalue weighted by atomic mass is 9.98. The van der Waals surface area contributed by atoms with Crippen LogP contribution in [0, 0.1) is 10.1 Å². The van der Waals surface area contributed by atoms with Gasteiger partial charge >= 0.3 is 0 Å². The molecule has 3 aromatic carbocycles. The van der Waals surface area contributed by atoms with Crippen molar-refractivity contribution in [3.8, 4) is 0 Å². The number of non-ortho nitro benzene ring substituents is 1. The van der Waals surface area contributed by atoms with Crippen LogP contribution in [0.1, 0.15) is 47.9 Å². The van der Waals surface area contributed by atoms with Crippen molar-refractivity contribution in [2.24, 2.45) is 0 Å². The molecule has 2 saturated heterocycles. The Hall–Kier alpha value is -4.01. The highest BCUT2D eigenvalue weighted by atomic mass is 16.6. The van der Waals surface area contributed by atoms with Gasteiger partial charge in [-0.3, -0.25) is 24.7 Å². The van der Waals surface area contributed by atoms with Crippen molar-refractivity contribution in [3.05, 3.63) is 99.1 Å². The number of anilines is 2. The molecule has 2 fully saturated rings. The zero-order valence-electron chi connectivity index (χ0n) is 22.0. The number of fused-ring (bicyclic) bond motifs is 1. The van der Waals surface area contributed by atoms with Gasteiger partial charge in [0, 0.05) is 42.2 Å². The molecule has 0 bridgehead atoms. The largest absolute Gasteiger partial charge is 0.354 e. The summed E-state index contributed by atoms with van der Waals surface area (Å²) in [6.07, 6.45) is 5.01.